The van der Waals surface area contributed by atoms with E-state index in [1.54, 1.807) is 7.11 Å². The van der Waals surface area contributed by atoms with Crippen LogP contribution in [0.3, 0.4) is 0 Å². The van der Waals surface area contributed by atoms with Crippen molar-refractivity contribution in [1.82, 2.24) is 24.4 Å². The second-order valence-electron chi connectivity index (χ2n) is 7.41. The monoisotopic (exact) mass is 420 g/mol. The number of rotatable bonds is 10. The number of likely N-dealkylation sites (tertiary alicyclic amines) is 1. The van der Waals surface area contributed by atoms with Gasteiger partial charge in [-0.05, 0) is 32.7 Å². The average Bonchev–Trinajstić information content (AvgIpc) is 3.11. The van der Waals surface area contributed by atoms with E-state index in [1.165, 1.54) is 0 Å². The standard InChI is InChI=1S/C20H32N6O4/c1-4-6-12-30-19-23-16(21)15-17(24-19)26(20(22-15)28-3)11-10-25-9-7-8-14(13-25)18(27)29-5-2/h14H,4-13H2,1-3H3,(H2,21,23,24). The Morgan fingerprint density at radius 3 is 2.80 bits per heavy atom. The molecule has 2 aromatic heterocycles. The molecule has 1 unspecified atom stereocenters. The third-order valence-electron chi connectivity index (χ3n) is 5.24. The molecule has 0 radical (unpaired) electrons. The molecular formula is C20H32N6O4. The Hall–Kier alpha value is -2.62. The minimum Gasteiger partial charge on any atom is -0.468 e. The lowest BCUT2D eigenvalue weighted by atomic mass is 9.98. The smallest absolute Gasteiger partial charge is 0.320 e. The highest BCUT2D eigenvalue weighted by Gasteiger charge is 2.27. The van der Waals surface area contributed by atoms with Crippen molar-refractivity contribution in [3.05, 3.63) is 0 Å². The van der Waals surface area contributed by atoms with Gasteiger partial charge in [0.2, 0.25) is 0 Å². The lowest BCUT2D eigenvalue weighted by Gasteiger charge is -2.31. The zero-order valence-electron chi connectivity index (χ0n) is 18.1. The fourth-order valence-electron chi connectivity index (χ4n) is 3.66. The van der Waals surface area contributed by atoms with E-state index in [0.29, 0.717) is 43.5 Å². The Bertz CT molecular complexity index is 855. The third kappa shape index (κ3) is 5.10. The summed E-state index contributed by atoms with van der Waals surface area (Å²) in [6.07, 6.45) is 3.78. The molecule has 0 spiro atoms. The molecule has 1 saturated heterocycles. The zero-order chi connectivity index (χ0) is 21.5. The molecule has 1 fully saturated rings. The predicted octanol–water partition coefficient (Wildman–Crippen LogP) is 1.87. The molecular weight excluding hydrogens is 388 g/mol. The first-order valence-corrected chi connectivity index (χ1v) is 10.7. The van der Waals surface area contributed by atoms with Gasteiger partial charge in [-0.3, -0.25) is 9.36 Å². The van der Waals surface area contributed by atoms with Gasteiger partial charge in [0.1, 0.15) is 0 Å². The van der Waals surface area contributed by atoms with E-state index >= 15 is 0 Å². The van der Waals surface area contributed by atoms with Crippen molar-refractivity contribution in [1.29, 1.82) is 0 Å². The maximum atomic E-state index is 12.1. The van der Waals surface area contributed by atoms with Gasteiger partial charge in [0.25, 0.3) is 6.01 Å². The average molecular weight is 421 g/mol. The number of fused-ring (bicyclic) bond motifs is 1. The number of aromatic nitrogens is 4. The molecule has 10 heteroatoms. The summed E-state index contributed by atoms with van der Waals surface area (Å²) in [7, 11) is 1.57. The molecule has 10 nitrogen and oxygen atoms in total. The first-order chi connectivity index (χ1) is 14.6. The molecule has 0 bridgehead atoms. The van der Waals surface area contributed by atoms with Crippen LogP contribution in [0.15, 0.2) is 0 Å². The summed E-state index contributed by atoms with van der Waals surface area (Å²) < 4.78 is 18.2. The lowest BCUT2D eigenvalue weighted by molar-refractivity contribution is -0.149. The topological polar surface area (TPSA) is 118 Å². The van der Waals surface area contributed by atoms with E-state index in [1.807, 2.05) is 11.5 Å². The fraction of sp³-hybridized carbons (Fsp3) is 0.700. The van der Waals surface area contributed by atoms with Crippen molar-refractivity contribution < 1.29 is 19.0 Å². The van der Waals surface area contributed by atoms with Crippen LogP contribution in [0.2, 0.25) is 0 Å². The highest BCUT2D eigenvalue weighted by atomic mass is 16.5. The number of carbonyl (C=O) groups excluding carboxylic acids is 1. The van der Waals surface area contributed by atoms with Crippen LogP contribution < -0.4 is 15.2 Å². The van der Waals surface area contributed by atoms with Gasteiger partial charge in [0, 0.05) is 19.6 Å². The minimum atomic E-state index is -0.109. The maximum absolute atomic E-state index is 12.1. The van der Waals surface area contributed by atoms with Gasteiger partial charge in [0.15, 0.2) is 17.0 Å². The van der Waals surface area contributed by atoms with Crippen LogP contribution in [-0.2, 0) is 16.1 Å². The Labute approximate surface area is 176 Å². The summed E-state index contributed by atoms with van der Waals surface area (Å²) in [6, 6.07) is 0.674. The molecule has 0 aromatic carbocycles. The molecule has 3 heterocycles. The van der Waals surface area contributed by atoms with Crippen LogP contribution in [0.5, 0.6) is 12.0 Å². The predicted molar refractivity (Wildman–Crippen MR) is 112 cm³/mol. The summed E-state index contributed by atoms with van der Waals surface area (Å²) in [5.41, 5.74) is 7.18. The number of imidazole rings is 1. The molecule has 30 heavy (non-hydrogen) atoms. The normalized spacial score (nSPS) is 17.2. The number of nitrogens with two attached hydrogens (primary N) is 1. The molecule has 2 aromatic rings. The number of anilines is 1. The van der Waals surface area contributed by atoms with Crippen LogP contribution >= 0.6 is 0 Å². The Balaban J connectivity index is 1.75. The van der Waals surface area contributed by atoms with E-state index in [-0.39, 0.29) is 23.7 Å². The van der Waals surface area contributed by atoms with Gasteiger partial charge in [-0.2, -0.15) is 15.0 Å². The molecule has 1 atom stereocenters. The van der Waals surface area contributed by atoms with Crippen molar-refractivity contribution in [2.45, 2.75) is 46.1 Å². The molecule has 0 amide bonds. The van der Waals surface area contributed by atoms with E-state index in [4.69, 9.17) is 19.9 Å². The largest absolute Gasteiger partial charge is 0.468 e. The molecule has 0 aliphatic carbocycles. The molecule has 1 aliphatic heterocycles. The number of methoxy groups -OCH3 is 1. The highest BCUT2D eigenvalue weighted by Crippen LogP contribution is 2.26. The van der Waals surface area contributed by atoms with E-state index in [2.05, 4.69) is 26.8 Å². The van der Waals surface area contributed by atoms with E-state index in [0.717, 1.165) is 38.8 Å². The van der Waals surface area contributed by atoms with Gasteiger partial charge in [-0.25, -0.2) is 0 Å². The number of piperidine rings is 1. The molecule has 166 valence electrons. The van der Waals surface area contributed by atoms with Crippen molar-refractivity contribution in [2.75, 3.05) is 45.7 Å². The number of hydrogen-bond acceptors (Lipinski definition) is 9. The second kappa shape index (κ2) is 10.4. The zero-order valence-corrected chi connectivity index (χ0v) is 18.1. The Morgan fingerprint density at radius 1 is 1.23 bits per heavy atom. The quantitative estimate of drug-likeness (QED) is 0.454. The lowest BCUT2D eigenvalue weighted by Crippen LogP contribution is -2.40. The summed E-state index contributed by atoms with van der Waals surface area (Å²) in [6.45, 7) is 7.84. The summed E-state index contributed by atoms with van der Waals surface area (Å²) >= 11 is 0. The van der Waals surface area contributed by atoms with Crippen molar-refractivity contribution in [3.8, 4) is 12.0 Å². The molecule has 2 N–H and O–H groups in total. The van der Waals surface area contributed by atoms with Crippen LogP contribution in [0.1, 0.15) is 39.5 Å². The van der Waals surface area contributed by atoms with Crippen LogP contribution in [0.25, 0.3) is 11.2 Å². The number of ether oxygens (including phenoxy) is 3. The molecule has 0 saturated carbocycles. The number of hydrogen-bond donors (Lipinski definition) is 1. The summed E-state index contributed by atoms with van der Waals surface area (Å²) in [5.74, 6) is 0.0859. The number of esters is 1. The molecule has 1 aliphatic rings. The first-order valence-electron chi connectivity index (χ1n) is 10.7. The summed E-state index contributed by atoms with van der Waals surface area (Å²) in [5, 5.41) is 0. The van der Waals surface area contributed by atoms with Gasteiger partial charge in [-0.15, -0.1) is 0 Å². The third-order valence-corrected chi connectivity index (χ3v) is 5.24. The van der Waals surface area contributed by atoms with Crippen LogP contribution in [0.4, 0.5) is 5.82 Å². The minimum absolute atomic E-state index is 0.0725. The van der Waals surface area contributed by atoms with E-state index < -0.39 is 0 Å². The van der Waals surface area contributed by atoms with Gasteiger partial charge < -0.3 is 24.8 Å². The van der Waals surface area contributed by atoms with Crippen molar-refractivity contribution in [3.63, 3.8) is 0 Å². The maximum Gasteiger partial charge on any atom is 0.320 e. The van der Waals surface area contributed by atoms with Crippen molar-refractivity contribution in [2.24, 2.45) is 5.92 Å². The van der Waals surface area contributed by atoms with Gasteiger partial charge >= 0.3 is 12.0 Å². The van der Waals surface area contributed by atoms with Gasteiger partial charge in [0.05, 0.1) is 26.2 Å². The fourth-order valence-corrected chi connectivity index (χ4v) is 3.66. The Kier molecular flexibility index (Phi) is 7.67. The SMILES string of the molecule is CCCCOc1nc(N)c2nc(OC)n(CCN3CCCC(C(=O)OCC)C3)c2n1. The highest BCUT2D eigenvalue weighted by molar-refractivity contribution is 5.83. The first kappa shape index (κ1) is 22.1. The number of unbranched alkanes of at least 4 members (excludes halogenated alkanes) is 1. The van der Waals surface area contributed by atoms with Crippen LogP contribution in [-0.4, -0.2) is 70.3 Å². The van der Waals surface area contributed by atoms with Crippen LogP contribution in [0, 0.1) is 5.92 Å². The van der Waals surface area contributed by atoms with Gasteiger partial charge in [-0.1, -0.05) is 13.3 Å². The van der Waals surface area contributed by atoms with E-state index in [9.17, 15) is 4.79 Å². The number of nitrogen functional groups attached to an aromatic ring is 1. The van der Waals surface area contributed by atoms with Crippen molar-refractivity contribution >= 4 is 23.0 Å². The Morgan fingerprint density at radius 2 is 2.07 bits per heavy atom. The number of carbonyl (C=O) groups is 1. The number of nitrogens with zero attached hydrogens (tertiary/aromatic N) is 5. The summed E-state index contributed by atoms with van der Waals surface area (Å²) in [4.78, 5) is 27.5. The molecule has 3 rings (SSSR count). The second-order valence-corrected chi connectivity index (χ2v) is 7.41.